The highest BCUT2D eigenvalue weighted by Crippen LogP contribution is 2.42. The van der Waals surface area contributed by atoms with E-state index in [4.69, 9.17) is 8.85 Å². The van der Waals surface area contributed by atoms with Crippen LogP contribution in [0.5, 0.6) is 0 Å². The molecule has 0 aromatic carbocycles. The topological polar surface area (TPSA) is 30.5 Å². The molecule has 5 heteroatoms. The van der Waals surface area contributed by atoms with Crippen LogP contribution in [-0.2, 0) is 8.85 Å². The van der Waals surface area contributed by atoms with E-state index in [-0.39, 0.29) is 10.1 Å². The molecule has 144 valence electrons. The third kappa shape index (κ3) is 5.40. The molecule has 0 unspecified atom stereocenters. The molecular formula is C19H43NO2Si2. The highest BCUT2D eigenvalue weighted by Gasteiger charge is 2.45. The molecule has 0 bridgehead atoms. The summed E-state index contributed by atoms with van der Waals surface area (Å²) in [6.07, 6.45) is 2.63. The quantitative estimate of drug-likeness (QED) is 0.633. The molecule has 0 radical (unpaired) electrons. The largest absolute Gasteiger partial charge is 0.416 e. The van der Waals surface area contributed by atoms with E-state index < -0.39 is 16.6 Å². The lowest BCUT2D eigenvalue weighted by atomic mass is 10.1. The SMILES string of the molecule is CN[C@@H]1C[C@@H](CO[Si](C)(C)C(C)(C)C)[C@@H](O[Si](C)(C)C(C)(C)C)C1. The summed E-state index contributed by atoms with van der Waals surface area (Å²) >= 11 is 0. The van der Waals surface area contributed by atoms with Gasteiger partial charge in [0.05, 0.1) is 6.10 Å². The van der Waals surface area contributed by atoms with E-state index in [9.17, 15) is 0 Å². The van der Waals surface area contributed by atoms with Gasteiger partial charge in [-0.15, -0.1) is 0 Å². The van der Waals surface area contributed by atoms with Crippen LogP contribution in [0.4, 0.5) is 0 Å². The highest BCUT2D eigenvalue weighted by atomic mass is 28.4. The minimum Gasteiger partial charge on any atom is -0.416 e. The molecule has 3 atom stereocenters. The van der Waals surface area contributed by atoms with E-state index in [0.717, 1.165) is 13.0 Å². The maximum absolute atomic E-state index is 6.79. The fourth-order valence-electron chi connectivity index (χ4n) is 2.73. The van der Waals surface area contributed by atoms with E-state index in [1.165, 1.54) is 6.42 Å². The molecule has 1 N–H and O–H groups in total. The summed E-state index contributed by atoms with van der Waals surface area (Å²) in [6.45, 7) is 24.2. The molecule has 1 aliphatic carbocycles. The van der Waals surface area contributed by atoms with Gasteiger partial charge < -0.3 is 14.2 Å². The third-order valence-electron chi connectivity index (χ3n) is 6.75. The molecule has 0 amide bonds. The summed E-state index contributed by atoms with van der Waals surface area (Å²) in [4.78, 5) is 0. The Morgan fingerprint density at radius 2 is 1.38 bits per heavy atom. The summed E-state index contributed by atoms with van der Waals surface area (Å²) in [5, 5.41) is 3.99. The Bertz CT molecular complexity index is 411. The van der Waals surface area contributed by atoms with Gasteiger partial charge in [-0.3, -0.25) is 0 Å². The molecule has 0 aromatic heterocycles. The van der Waals surface area contributed by atoms with Gasteiger partial charge in [0.15, 0.2) is 16.6 Å². The fraction of sp³-hybridized carbons (Fsp3) is 1.00. The van der Waals surface area contributed by atoms with Crippen LogP contribution in [0, 0.1) is 5.92 Å². The van der Waals surface area contributed by atoms with E-state index in [0.29, 0.717) is 18.1 Å². The van der Waals surface area contributed by atoms with E-state index in [1.807, 2.05) is 0 Å². The van der Waals surface area contributed by atoms with Crippen LogP contribution in [0.25, 0.3) is 0 Å². The number of hydrogen-bond donors (Lipinski definition) is 1. The average Bonchev–Trinajstić information content (AvgIpc) is 2.75. The van der Waals surface area contributed by atoms with Gasteiger partial charge in [-0.05, 0) is 56.2 Å². The fourth-order valence-corrected chi connectivity index (χ4v) is 5.19. The van der Waals surface area contributed by atoms with E-state index >= 15 is 0 Å². The average molecular weight is 374 g/mol. The molecule has 1 saturated carbocycles. The standard InChI is InChI=1S/C19H43NO2Si2/c1-18(2,3)23(8,9)21-14-15-12-16(20-7)13-17(15)22-24(10,11)19(4,5)6/h15-17,20H,12-14H2,1-11H3/t15-,16+,17-/m0/s1. The molecule has 1 aliphatic rings. The molecule has 0 saturated heterocycles. The minimum absolute atomic E-state index is 0.259. The van der Waals surface area contributed by atoms with Gasteiger partial charge in [-0.25, -0.2) is 0 Å². The Morgan fingerprint density at radius 1 is 0.875 bits per heavy atom. The second-order valence-electron chi connectivity index (χ2n) is 10.7. The zero-order valence-corrected chi connectivity index (χ0v) is 20.2. The van der Waals surface area contributed by atoms with Crippen molar-refractivity contribution in [1.29, 1.82) is 0 Å². The summed E-state index contributed by atoms with van der Waals surface area (Å²) in [5.74, 6) is 0.519. The zero-order valence-electron chi connectivity index (χ0n) is 18.2. The third-order valence-corrected chi connectivity index (χ3v) is 15.8. The van der Waals surface area contributed by atoms with Crippen molar-refractivity contribution in [1.82, 2.24) is 5.32 Å². The lowest BCUT2D eigenvalue weighted by Crippen LogP contribution is -2.46. The van der Waals surface area contributed by atoms with Crippen LogP contribution in [0.1, 0.15) is 54.4 Å². The van der Waals surface area contributed by atoms with Crippen molar-refractivity contribution in [2.24, 2.45) is 5.92 Å². The van der Waals surface area contributed by atoms with Gasteiger partial charge in [0, 0.05) is 18.6 Å². The lowest BCUT2D eigenvalue weighted by Gasteiger charge is -2.41. The number of hydrogen-bond acceptors (Lipinski definition) is 3. The smallest absolute Gasteiger partial charge is 0.192 e. The van der Waals surface area contributed by atoms with Crippen molar-refractivity contribution < 1.29 is 8.85 Å². The Labute approximate surface area is 153 Å². The molecule has 0 aliphatic heterocycles. The summed E-state index contributed by atoms with van der Waals surface area (Å²) in [6, 6.07) is 0.563. The van der Waals surface area contributed by atoms with Gasteiger partial charge in [0.1, 0.15) is 0 Å². The highest BCUT2D eigenvalue weighted by molar-refractivity contribution is 6.74. The maximum Gasteiger partial charge on any atom is 0.192 e. The van der Waals surface area contributed by atoms with E-state index in [2.05, 4.69) is 80.1 Å². The summed E-state index contributed by atoms with van der Waals surface area (Å²) in [7, 11) is -1.36. The zero-order chi connectivity index (χ0) is 19.0. The van der Waals surface area contributed by atoms with Gasteiger partial charge in [-0.2, -0.15) is 0 Å². The van der Waals surface area contributed by atoms with Crippen LogP contribution in [0.2, 0.25) is 36.3 Å². The minimum atomic E-state index is -1.74. The van der Waals surface area contributed by atoms with Crippen LogP contribution < -0.4 is 5.32 Å². The molecule has 0 heterocycles. The van der Waals surface area contributed by atoms with Crippen LogP contribution in [-0.4, -0.2) is 42.4 Å². The van der Waals surface area contributed by atoms with Crippen molar-refractivity contribution in [2.45, 2.75) is 103 Å². The normalized spacial score (nSPS) is 26.9. The van der Waals surface area contributed by atoms with Crippen molar-refractivity contribution in [3.8, 4) is 0 Å². The number of nitrogens with one attached hydrogen (secondary N) is 1. The first kappa shape index (κ1) is 22.4. The first-order valence-corrected chi connectivity index (χ1v) is 15.4. The Hall–Kier alpha value is 0.314. The van der Waals surface area contributed by atoms with Crippen molar-refractivity contribution >= 4 is 16.6 Å². The van der Waals surface area contributed by atoms with E-state index in [1.54, 1.807) is 0 Å². The predicted molar refractivity (Wildman–Crippen MR) is 111 cm³/mol. The van der Waals surface area contributed by atoms with Crippen molar-refractivity contribution in [2.75, 3.05) is 13.7 Å². The summed E-state index contributed by atoms with van der Waals surface area (Å²) < 4.78 is 13.3. The van der Waals surface area contributed by atoms with Gasteiger partial charge in [-0.1, -0.05) is 41.5 Å². The van der Waals surface area contributed by atoms with Gasteiger partial charge in [0.25, 0.3) is 0 Å². The molecule has 24 heavy (non-hydrogen) atoms. The molecule has 0 spiro atoms. The first-order valence-electron chi connectivity index (χ1n) is 9.60. The second-order valence-corrected chi connectivity index (χ2v) is 20.3. The Balaban J connectivity index is 2.80. The number of rotatable bonds is 6. The molecule has 3 nitrogen and oxygen atoms in total. The first-order chi connectivity index (χ1) is 10.6. The molecule has 1 rings (SSSR count). The molecule has 0 aromatic rings. The maximum atomic E-state index is 6.79. The monoisotopic (exact) mass is 373 g/mol. The van der Waals surface area contributed by atoms with Crippen molar-refractivity contribution in [3.05, 3.63) is 0 Å². The lowest BCUT2D eigenvalue weighted by molar-refractivity contribution is 0.101. The van der Waals surface area contributed by atoms with Crippen molar-refractivity contribution in [3.63, 3.8) is 0 Å². The predicted octanol–water partition coefficient (Wildman–Crippen LogP) is 5.40. The molecule has 1 fully saturated rings. The van der Waals surface area contributed by atoms with Gasteiger partial charge in [0.2, 0.25) is 0 Å². The Morgan fingerprint density at radius 3 is 1.79 bits per heavy atom. The molecular weight excluding hydrogens is 330 g/mol. The van der Waals surface area contributed by atoms with Crippen LogP contribution in [0.3, 0.4) is 0 Å². The van der Waals surface area contributed by atoms with Crippen LogP contribution >= 0.6 is 0 Å². The second kappa shape index (κ2) is 7.51. The summed E-state index contributed by atoms with van der Waals surface area (Å²) in [5.41, 5.74) is 0. The van der Waals surface area contributed by atoms with Gasteiger partial charge >= 0.3 is 0 Å². The Kier molecular flexibility index (Phi) is 7.00. The van der Waals surface area contributed by atoms with Crippen LogP contribution in [0.15, 0.2) is 0 Å².